The van der Waals surface area contributed by atoms with E-state index in [0.717, 1.165) is 4.88 Å². The number of carbonyl (C=O) groups is 1. The summed E-state index contributed by atoms with van der Waals surface area (Å²) in [6.45, 7) is 0. The van der Waals surface area contributed by atoms with Crippen LogP contribution in [0.4, 0.5) is 5.69 Å². The summed E-state index contributed by atoms with van der Waals surface area (Å²) < 4.78 is 0. The molecule has 1 aliphatic carbocycles. The lowest BCUT2D eigenvalue weighted by molar-refractivity contribution is 0.0703. The van der Waals surface area contributed by atoms with Crippen LogP contribution in [0.5, 0.6) is 0 Å². The minimum atomic E-state index is -0.913. The Labute approximate surface area is 73.8 Å². The van der Waals surface area contributed by atoms with Crippen LogP contribution in [0.15, 0.2) is 6.07 Å². The number of carboxylic acids is 1. The van der Waals surface area contributed by atoms with Crippen LogP contribution in [0.25, 0.3) is 0 Å². The van der Waals surface area contributed by atoms with E-state index in [1.54, 1.807) is 6.07 Å². The van der Waals surface area contributed by atoms with Gasteiger partial charge in [0.1, 0.15) is 4.88 Å². The molecule has 64 valence electrons. The van der Waals surface area contributed by atoms with Crippen LogP contribution in [0.2, 0.25) is 0 Å². The number of nitrogen functional groups attached to an aromatic ring is 1. The monoisotopic (exact) mass is 183 g/mol. The van der Waals surface area contributed by atoms with Gasteiger partial charge in [0.05, 0.1) is 5.69 Å². The Morgan fingerprint density at radius 3 is 2.75 bits per heavy atom. The minimum Gasteiger partial charge on any atom is -0.477 e. The fourth-order valence-corrected chi connectivity index (χ4v) is 2.25. The summed E-state index contributed by atoms with van der Waals surface area (Å²) in [6.07, 6.45) is 2.36. The first-order valence-corrected chi connectivity index (χ1v) is 4.62. The highest BCUT2D eigenvalue weighted by atomic mass is 32.1. The summed E-state index contributed by atoms with van der Waals surface area (Å²) in [5.74, 6) is -0.324. The average Bonchev–Trinajstić information content (AvgIpc) is 2.75. The van der Waals surface area contributed by atoms with Gasteiger partial charge in [-0.2, -0.15) is 0 Å². The van der Waals surface area contributed by atoms with E-state index in [-0.39, 0.29) is 4.88 Å². The zero-order chi connectivity index (χ0) is 8.72. The fourth-order valence-electron chi connectivity index (χ4n) is 1.16. The van der Waals surface area contributed by atoms with Crippen molar-refractivity contribution < 1.29 is 9.90 Å². The summed E-state index contributed by atoms with van der Waals surface area (Å²) >= 11 is 1.31. The summed E-state index contributed by atoms with van der Waals surface area (Å²) in [6, 6.07) is 1.80. The molecule has 12 heavy (non-hydrogen) atoms. The van der Waals surface area contributed by atoms with Crippen molar-refractivity contribution in [2.75, 3.05) is 5.73 Å². The maximum absolute atomic E-state index is 10.6. The van der Waals surface area contributed by atoms with E-state index in [1.165, 1.54) is 24.2 Å². The van der Waals surface area contributed by atoms with Gasteiger partial charge in [0.15, 0.2) is 0 Å². The highest BCUT2D eigenvalue weighted by Gasteiger charge is 2.27. The molecule has 0 aliphatic heterocycles. The van der Waals surface area contributed by atoms with Crippen LogP contribution in [0.1, 0.15) is 33.3 Å². The number of hydrogen-bond donors (Lipinski definition) is 2. The predicted octanol–water partition coefficient (Wildman–Crippen LogP) is 1.91. The third kappa shape index (κ3) is 1.18. The third-order valence-corrected chi connectivity index (χ3v) is 3.26. The van der Waals surface area contributed by atoms with E-state index in [1.807, 2.05) is 0 Å². The van der Waals surface area contributed by atoms with Gasteiger partial charge in [0, 0.05) is 4.88 Å². The van der Waals surface area contributed by atoms with Crippen LogP contribution < -0.4 is 5.73 Å². The van der Waals surface area contributed by atoms with Crippen molar-refractivity contribution >= 4 is 23.0 Å². The molecule has 3 N–H and O–H groups in total. The Hall–Kier alpha value is -1.03. The SMILES string of the molecule is Nc1cc(C2CC2)sc1C(=O)O. The number of hydrogen-bond acceptors (Lipinski definition) is 3. The van der Waals surface area contributed by atoms with Crippen molar-refractivity contribution in [2.24, 2.45) is 0 Å². The van der Waals surface area contributed by atoms with Crippen LogP contribution in [0.3, 0.4) is 0 Å². The van der Waals surface area contributed by atoms with Crippen molar-refractivity contribution in [2.45, 2.75) is 18.8 Å². The molecule has 1 aromatic rings. The number of carboxylic acid groups (broad SMARTS) is 1. The number of nitrogens with two attached hydrogens (primary N) is 1. The topological polar surface area (TPSA) is 63.3 Å². The Morgan fingerprint density at radius 1 is 1.67 bits per heavy atom. The van der Waals surface area contributed by atoms with Gasteiger partial charge in [-0.05, 0) is 24.8 Å². The molecule has 4 heteroatoms. The third-order valence-electron chi connectivity index (χ3n) is 1.95. The maximum atomic E-state index is 10.6. The van der Waals surface area contributed by atoms with E-state index in [2.05, 4.69) is 0 Å². The molecule has 0 saturated heterocycles. The van der Waals surface area contributed by atoms with Crippen LogP contribution in [-0.4, -0.2) is 11.1 Å². The largest absolute Gasteiger partial charge is 0.477 e. The Morgan fingerprint density at radius 2 is 2.33 bits per heavy atom. The molecular formula is C8H9NO2S. The molecule has 0 bridgehead atoms. The van der Waals surface area contributed by atoms with Crippen molar-refractivity contribution in [1.82, 2.24) is 0 Å². The number of thiophene rings is 1. The van der Waals surface area contributed by atoms with Crippen LogP contribution >= 0.6 is 11.3 Å². The first-order chi connectivity index (χ1) is 5.68. The fraction of sp³-hybridized carbons (Fsp3) is 0.375. The standard InChI is InChI=1S/C8H9NO2S/c9-5-3-6(4-1-2-4)12-7(5)8(10)11/h3-4H,1-2,9H2,(H,10,11). The highest BCUT2D eigenvalue weighted by Crippen LogP contribution is 2.44. The van der Waals surface area contributed by atoms with Crippen molar-refractivity contribution in [3.63, 3.8) is 0 Å². The molecule has 0 amide bonds. The Bertz CT molecular complexity index is 328. The van der Waals surface area contributed by atoms with E-state index in [4.69, 9.17) is 10.8 Å². The molecule has 0 radical (unpaired) electrons. The van der Waals surface area contributed by atoms with Gasteiger partial charge in [-0.25, -0.2) is 4.79 Å². The highest BCUT2D eigenvalue weighted by molar-refractivity contribution is 7.14. The average molecular weight is 183 g/mol. The van der Waals surface area contributed by atoms with E-state index in [0.29, 0.717) is 11.6 Å². The zero-order valence-corrected chi connectivity index (χ0v) is 7.23. The molecule has 0 spiro atoms. The lowest BCUT2D eigenvalue weighted by atomic mass is 10.3. The molecule has 1 heterocycles. The number of aromatic carboxylic acids is 1. The van der Waals surface area contributed by atoms with Crippen molar-refractivity contribution in [3.05, 3.63) is 15.8 Å². The molecule has 2 rings (SSSR count). The number of rotatable bonds is 2. The second kappa shape index (κ2) is 2.48. The first-order valence-electron chi connectivity index (χ1n) is 3.81. The number of anilines is 1. The van der Waals surface area contributed by atoms with Gasteiger partial charge in [-0.3, -0.25) is 0 Å². The predicted molar refractivity (Wildman–Crippen MR) is 47.7 cm³/mol. The van der Waals surface area contributed by atoms with Crippen LogP contribution in [0, 0.1) is 0 Å². The normalized spacial score (nSPS) is 16.3. The second-order valence-corrected chi connectivity index (χ2v) is 4.10. The maximum Gasteiger partial charge on any atom is 0.348 e. The summed E-state index contributed by atoms with van der Waals surface area (Å²) in [4.78, 5) is 12.0. The Balaban J connectivity index is 2.36. The van der Waals surface area contributed by atoms with E-state index in [9.17, 15) is 4.79 Å². The van der Waals surface area contributed by atoms with Gasteiger partial charge in [-0.1, -0.05) is 0 Å². The van der Waals surface area contributed by atoms with Crippen molar-refractivity contribution in [1.29, 1.82) is 0 Å². The zero-order valence-electron chi connectivity index (χ0n) is 6.41. The Kier molecular flexibility index (Phi) is 1.58. The van der Waals surface area contributed by atoms with Crippen LogP contribution in [-0.2, 0) is 0 Å². The molecule has 1 fully saturated rings. The lowest BCUT2D eigenvalue weighted by Crippen LogP contribution is -1.96. The van der Waals surface area contributed by atoms with E-state index >= 15 is 0 Å². The van der Waals surface area contributed by atoms with Gasteiger partial charge in [0.2, 0.25) is 0 Å². The molecule has 1 saturated carbocycles. The van der Waals surface area contributed by atoms with Gasteiger partial charge in [-0.15, -0.1) is 11.3 Å². The molecule has 1 aliphatic rings. The summed E-state index contributed by atoms with van der Waals surface area (Å²) in [5, 5.41) is 8.71. The lowest BCUT2D eigenvalue weighted by Gasteiger charge is -1.87. The molecule has 0 aromatic carbocycles. The quantitative estimate of drug-likeness (QED) is 0.736. The van der Waals surface area contributed by atoms with Gasteiger partial charge >= 0.3 is 5.97 Å². The molecule has 1 aromatic heterocycles. The van der Waals surface area contributed by atoms with Crippen molar-refractivity contribution in [3.8, 4) is 0 Å². The van der Waals surface area contributed by atoms with Gasteiger partial charge in [0.25, 0.3) is 0 Å². The van der Waals surface area contributed by atoms with Gasteiger partial charge < -0.3 is 10.8 Å². The molecule has 0 atom stereocenters. The molecule has 0 unspecified atom stereocenters. The van der Waals surface area contributed by atoms with E-state index < -0.39 is 5.97 Å². The molecular weight excluding hydrogens is 174 g/mol. The molecule has 3 nitrogen and oxygen atoms in total. The first kappa shape index (κ1) is 7.61. The summed E-state index contributed by atoms with van der Waals surface area (Å²) in [5.41, 5.74) is 5.95. The summed E-state index contributed by atoms with van der Waals surface area (Å²) in [7, 11) is 0. The minimum absolute atomic E-state index is 0.289. The second-order valence-electron chi connectivity index (χ2n) is 3.01. The smallest absolute Gasteiger partial charge is 0.348 e.